The number of thioether (sulfide) groups is 1. The van der Waals surface area contributed by atoms with Gasteiger partial charge in [0.1, 0.15) is 0 Å². The highest BCUT2D eigenvalue weighted by molar-refractivity contribution is 7.99. The van der Waals surface area contributed by atoms with E-state index in [-0.39, 0.29) is 0 Å². The molecule has 13 heavy (non-hydrogen) atoms. The lowest BCUT2D eigenvalue weighted by Crippen LogP contribution is -2.38. The normalized spacial score (nSPS) is 15.7. The van der Waals surface area contributed by atoms with E-state index in [1.54, 1.807) is 0 Å². The molecule has 3 heteroatoms. The van der Waals surface area contributed by atoms with Gasteiger partial charge in [0.25, 0.3) is 0 Å². The van der Waals surface area contributed by atoms with Gasteiger partial charge < -0.3 is 10.8 Å². The van der Waals surface area contributed by atoms with Crippen LogP contribution in [0, 0.1) is 0 Å². The second-order valence-electron chi connectivity index (χ2n) is 3.54. The van der Waals surface area contributed by atoms with Gasteiger partial charge in [-0.05, 0) is 30.8 Å². The first kappa shape index (κ1) is 13.3. The van der Waals surface area contributed by atoms with Gasteiger partial charge in [-0.25, -0.2) is 0 Å². The third-order valence-electron chi connectivity index (χ3n) is 2.16. The quantitative estimate of drug-likeness (QED) is 0.596. The number of hydrogen-bond donors (Lipinski definition) is 2. The van der Waals surface area contributed by atoms with Crippen LogP contribution in [0.3, 0.4) is 0 Å². The first-order chi connectivity index (χ1) is 6.18. The Morgan fingerprint density at radius 1 is 1.15 bits per heavy atom. The molecule has 0 amide bonds. The third-order valence-corrected chi connectivity index (χ3v) is 3.35. The molecule has 0 aromatic carbocycles. The summed E-state index contributed by atoms with van der Waals surface area (Å²) in [6.45, 7) is 4.65. The Kier molecular flexibility index (Phi) is 7.81. The Bertz CT molecular complexity index is 121. The minimum atomic E-state index is -0.602. The van der Waals surface area contributed by atoms with Crippen LogP contribution in [0.5, 0.6) is 0 Å². The van der Waals surface area contributed by atoms with E-state index in [0.29, 0.717) is 6.54 Å². The molecule has 0 fully saturated rings. The fraction of sp³-hybridized carbons (Fsp3) is 1.00. The molecule has 0 saturated carbocycles. The zero-order valence-corrected chi connectivity index (χ0v) is 9.70. The van der Waals surface area contributed by atoms with Crippen LogP contribution < -0.4 is 5.73 Å². The van der Waals surface area contributed by atoms with Crippen molar-refractivity contribution >= 4 is 11.8 Å². The average molecular weight is 205 g/mol. The molecule has 0 aliphatic carbocycles. The predicted molar refractivity (Wildman–Crippen MR) is 61.1 cm³/mol. The molecule has 0 radical (unpaired) electrons. The maximum atomic E-state index is 9.98. The first-order valence-electron chi connectivity index (χ1n) is 5.18. The molecule has 0 rings (SSSR count). The molecule has 0 aromatic rings. The Labute approximate surface area is 86.3 Å². The summed E-state index contributed by atoms with van der Waals surface area (Å²) in [6, 6.07) is 0. The van der Waals surface area contributed by atoms with Crippen LogP contribution >= 0.6 is 11.8 Å². The summed E-state index contributed by atoms with van der Waals surface area (Å²) in [7, 11) is 0. The van der Waals surface area contributed by atoms with Gasteiger partial charge in [-0.15, -0.1) is 0 Å². The molecular formula is C10H23NOS. The SMILES string of the molecule is CCCSCCC(O)(CN)CCC. The summed E-state index contributed by atoms with van der Waals surface area (Å²) in [5.41, 5.74) is 4.95. The number of rotatable bonds is 8. The fourth-order valence-corrected chi connectivity index (χ4v) is 2.32. The number of hydrogen-bond acceptors (Lipinski definition) is 3. The summed E-state index contributed by atoms with van der Waals surface area (Å²) in [4.78, 5) is 0. The van der Waals surface area contributed by atoms with Gasteiger partial charge >= 0.3 is 0 Å². The topological polar surface area (TPSA) is 46.2 Å². The van der Waals surface area contributed by atoms with Crippen molar-refractivity contribution in [1.82, 2.24) is 0 Å². The molecule has 0 spiro atoms. The maximum absolute atomic E-state index is 9.98. The lowest BCUT2D eigenvalue weighted by atomic mass is 9.95. The lowest BCUT2D eigenvalue weighted by molar-refractivity contribution is 0.0369. The van der Waals surface area contributed by atoms with Crippen molar-refractivity contribution < 1.29 is 5.11 Å². The molecule has 1 unspecified atom stereocenters. The average Bonchev–Trinajstić information content (AvgIpc) is 2.13. The fourth-order valence-electron chi connectivity index (χ4n) is 1.30. The number of nitrogens with two attached hydrogens (primary N) is 1. The van der Waals surface area contributed by atoms with Gasteiger partial charge in [-0.1, -0.05) is 20.3 Å². The van der Waals surface area contributed by atoms with Gasteiger partial charge in [0, 0.05) is 6.54 Å². The van der Waals surface area contributed by atoms with Crippen LogP contribution in [0.1, 0.15) is 39.5 Å². The highest BCUT2D eigenvalue weighted by atomic mass is 32.2. The van der Waals surface area contributed by atoms with Gasteiger partial charge in [-0.2, -0.15) is 11.8 Å². The first-order valence-corrected chi connectivity index (χ1v) is 6.34. The van der Waals surface area contributed by atoms with Crippen LogP contribution in [-0.2, 0) is 0 Å². The van der Waals surface area contributed by atoms with Crippen molar-refractivity contribution in [1.29, 1.82) is 0 Å². The van der Waals surface area contributed by atoms with Gasteiger partial charge in [0.15, 0.2) is 0 Å². The van der Waals surface area contributed by atoms with Crippen LogP contribution in [0.25, 0.3) is 0 Å². The highest BCUT2D eigenvalue weighted by Crippen LogP contribution is 2.19. The summed E-state index contributed by atoms with van der Waals surface area (Å²) >= 11 is 1.91. The van der Waals surface area contributed by atoms with Gasteiger partial charge in [0.05, 0.1) is 5.60 Å². The molecule has 1 atom stereocenters. The minimum Gasteiger partial charge on any atom is -0.389 e. The van der Waals surface area contributed by atoms with Crippen molar-refractivity contribution in [3.05, 3.63) is 0 Å². The Morgan fingerprint density at radius 2 is 1.85 bits per heavy atom. The van der Waals surface area contributed by atoms with E-state index in [2.05, 4.69) is 13.8 Å². The molecule has 0 aromatic heterocycles. The van der Waals surface area contributed by atoms with E-state index >= 15 is 0 Å². The molecule has 0 aliphatic rings. The second kappa shape index (κ2) is 7.65. The van der Waals surface area contributed by atoms with Crippen LogP contribution in [0.2, 0.25) is 0 Å². The smallest absolute Gasteiger partial charge is 0.0777 e. The zero-order valence-electron chi connectivity index (χ0n) is 8.88. The molecular weight excluding hydrogens is 182 g/mol. The number of aliphatic hydroxyl groups is 1. The monoisotopic (exact) mass is 205 g/mol. The van der Waals surface area contributed by atoms with E-state index in [1.807, 2.05) is 11.8 Å². The maximum Gasteiger partial charge on any atom is 0.0777 e. The summed E-state index contributed by atoms with van der Waals surface area (Å²) in [6.07, 6.45) is 3.88. The van der Waals surface area contributed by atoms with Crippen molar-refractivity contribution in [2.75, 3.05) is 18.1 Å². The second-order valence-corrected chi connectivity index (χ2v) is 4.77. The van der Waals surface area contributed by atoms with E-state index < -0.39 is 5.60 Å². The molecule has 80 valence electrons. The van der Waals surface area contributed by atoms with E-state index in [0.717, 1.165) is 25.0 Å². The minimum absolute atomic E-state index is 0.396. The Balaban J connectivity index is 3.57. The molecule has 0 aliphatic heterocycles. The zero-order chi connectivity index (χ0) is 10.2. The third kappa shape index (κ3) is 6.36. The summed E-state index contributed by atoms with van der Waals surface area (Å²) < 4.78 is 0. The molecule has 0 saturated heterocycles. The van der Waals surface area contributed by atoms with Crippen molar-refractivity contribution in [2.45, 2.75) is 45.1 Å². The van der Waals surface area contributed by atoms with Crippen molar-refractivity contribution in [3.8, 4) is 0 Å². The molecule has 0 heterocycles. The largest absolute Gasteiger partial charge is 0.389 e. The van der Waals surface area contributed by atoms with E-state index in [9.17, 15) is 5.11 Å². The summed E-state index contributed by atoms with van der Waals surface area (Å²) in [5, 5.41) is 9.98. The van der Waals surface area contributed by atoms with Crippen LogP contribution in [0.15, 0.2) is 0 Å². The van der Waals surface area contributed by atoms with Gasteiger partial charge in [0.2, 0.25) is 0 Å². The molecule has 2 nitrogen and oxygen atoms in total. The standard InChI is InChI=1S/C10H23NOS/c1-3-5-10(12,9-11)6-8-13-7-4-2/h12H,3-9,11H2,1-2H3. The van der Waals surface area contributed by atoms with Crippen LogP contribution in [0.4, 0.5) is 0 Å². The Hall–Kier alpha value is 0.270. The van der Waals surface area contributed by atoms with E-state index in [4.69, 9.17) is 5.73 Å². The molecule has 0 bridgehead atoms. The summed E-state index contributed by atoms with van der Waals surface area (Å²) in [5.74, 6) is 2.22. The van der Waals surface area contributed by atoms with Crippen LogP contribution in [-0.4, -0.2) is 28.8 Å². The Morgan fingerprint density at radius 3 is 2.31 bits per heavy atom. The van der Waals surface area contributed by atoms with E-state index in [1.165, 1.54) is 12.2 Å². The highest BCUT2D eigenvalue weighted by Gasteiger charge is 2.22. The van der Waals surface area contributed by atoms with Gasteiger partial charge in [-0.3, -0.25) is 0 Å². The molecule has 3 N–H and O–H groups in total. The lowest BCUT2D eigenvalue weighted by Gasteiger charge is -2.25. The van der Waals surface area contributed by atoms with Crippen molar-refractivity contribution in [2.24, 2.45) is 5.73 Å². The predicted octanol–water partition coefficient (Wildman–Crippen LogP) is 2.01. The van der Waals surface area contributed by atoms with Crippen molar-refractivity contribution in [3.63, 3.8) is 0 Å².